The van der Waals surface area contributed by atoms with Crippen LogP contribution in [0.3, 0.4) is 0 Å². The molecule has 7 heteroatoms. The summed E-state index contributed by atoms with van der Waals surface area (Å²) in [5, 5.41) is 6.97. The molecule has 3 aromatic rings. The van der Waals surface area contributed by atoms with Crippen molar-refractivity contribution in [2.24, 2.45) is 0 Å². The van der Waals surface area contributed by atoms with Gasteiger partial charge in [-0.1, -0.05) is 12.1 Å². The van der Waals surface area contributed by atoms with Gasteiger partial charge in [0, 0.05) is 18.3 Å². The molecular weight excluding hydrogens is 332 g/mol. The number of ether oxygens (including phenoxy) is 2. The number of methoxy groups -OCH3 is 1. The second kappa shape index (κ2) is 7.69. The van der Waals surface area contributed by atoms with Crippen LogP contribution in [0.15, 0.2) is 54.9 Å². The molecule has 1 N–H and O–H groups in total. The van der Waals surface area contributed by atoms with Gasteiger partial charge in [0.05, 0.1) is 19.0 Å². The number of anilines is 1. The molecule has 2 aromatic heterocycles. The van der Waals surface area contributed by atoms with Crippen LogP contribution in [-0.4, -0.2) is 27.8 Å². The lowest BCUT2D eigenvalue weighted by Crippen LogP contribution is -2.19. The molecule has 0 saturated heterocycles. The smallest absolute Gasteiger partial charge is 0.273 e. The van der Waals surface area contributed by atoms with Crippen LogP contribution in [0.5, 0.6) is 17.4 Å². The number of nitrogens with zero attached hydrogens (tertiary/aromatic N) is 3. The molecule has 134 valence electrons. The molecule has 1 aromatic carbocycles. The van der Waals surface area contributed by atoms with Crippen LogP contribution in [-0.2, 0) is 0 Å². The molecule has 0 bridgehead atoms. The molecule has 0 fully saturated rings. The van der Waals surface area contributed by atoms with E-state index < -0.39 is 0 Å². The number of nitrogens with one attached hydrogen (secondary N) is 1. The summed E-state index contributed by atoms with van der Waals surface area (Å²) < 4.78 is 12.6. The highest BCUT2D eigenvalue weighted by Crippen LogP contribution is 2.30. The lowest BCUT2D eigenvalue weighted by atomic mass is 10.3. The maximum absolute atomic E-state index is 12.4. The fraction of sp³-hybridized carbons (Fsp3) is 0.211. The number of carbonyl (C=O) groups excluding carboxylic acids is 1. The zero-order chi connectivity index (χ0) is 18.5. The summed E-state index contributed by atoms with van der Waals surface area (Å²) in [7, 11) is 1.58. The summed E-state index contributed by atoms with van der Waals surface area (Å²) in [6, 6.07) is 12.5. The van der Waals surface area contributed by atoms with Crippen molar-refractivity contribution in [3.05, 3.63) is 60.6 Å². The second-order valence-corrected chi connectivity index (χ2v) is 5.85. The number of rotatable bonds is 6. The van der Waals surface area contributed by atoms with Crippen molar-refractivity contribution in [3.63, 3.8) is 0 Å². The SMILES string of the molecule is COc1ccccc1Oc1ccc(NC(=O)c2ccnn2C(C)C)cn1. The van der Waals surface area contributed by atoms with Crippen LogP contribution >= 0.6 is 0 Å². The van der Waals surface area contributed by atoms with Crippen molar-refractivity contribution >= 4 is 11.6 Å². The zero-order valence-corrected chi connectivity index (χ0v) is 14.8. The maximum atomic E-state index is 12.4. The van der Waals surface area contributed by atoms with Gasteiger partial charge in [0.25, 0.3) is 5.91 Å². The van der Waals surface area contributed by atoms with E-state index in [0.29, 0.717) is 28.8 Å². The summed E-state index contributed by atoms with van der Waals surface area (Å²) in [6.07, 6.45) is 3.15. The Morgan fingerprint density at radius 1 is 1.12 bits per heavy atom. The number of amides is 1. The highest BCUT2D eigenvalue weighted by atomic mass is 16.5. The van der Waals surface area contributed by atoms with Gasteiger partial charge in [0.1, 0.15) is 5.69 Å². The van der Waals surface area contributed by atoms with Crippen LogP contribution in [0.1, 0.15) is 30.4 Å². The average molecular weight is 352 g/mol. The molecule has 0 aliphatic rings. The molecular formula is C19H20N4O3. The molecule has 3 rings (SSSR count). The van der Waals surface area contributed by atoms with Crippen LogP contribution < -0.4 is 14.8 Å². The fourth-order valence-corrected chi connectivity index (χ4v) is 2.43. The minimum atomic E-state index is -0.239. The number of para-hydroxylation sites is 2. The lowest BCUT2D eigenvalue weighted by molar-refractivity contribution is 0.101. The van der Waals surface area contributed by atoms with E-state index in [0.717, 1.165) is 0 Å². The second-order valence-electron chi connectivity index (χ2n) is 5.85. The van der Waals surface area contributed by atoms with Crippen molar-refractivity contribution in [1.82, 2.24) is 14.8 Å². The van der Waals surface area contributed by atoms with Crippen molar-refractivity contribution in [3.8, 4) is 17.4 Å². The van der Waals surface area contributed by atoms with Crippen molar-refractivity contribution in [1.29, 1.82) is 0 Å². The number of benzene rings is 1. The predicted molar refractivity (Wildman–Crippen MR) is 97.9 cm³/mol. The Balaban J connectivity index is 1.70. The van der Waals surface area contributed by atoms with Crippen LogP contribution in [0, 0.1) is 0 Å². The molecule has 1 amide bonds. The molecule has 26 heavy (non-hydrogen) atoms. The van der Waals surface area contributed by atoms with Crippen molar-refractivity contribution in [2.75, 3.05) is 12.4 Å². The Labute approximate surface area is 151 Å². The summed E-state index contributed by atoms with van der Waals surface area (Å²) in [6.45, 7) is 3.94. The maximum Gasteiger partial charge on any atom is 0.273 e. The van der Waals surface area contributed by atoms with Gasteiger partial charge in [0.15, 0.2) is 11.5 Å². The average Bonchev–Trinajstić information content (AvgIpc) is 3.14. The topological polar surface area (TPSA) is 78.3 Å². The van der Waals surface area contributed by atoms with E-state index >= 15 is 0 Å². The first-order chi connectivity index (χ1) is 12.6. The van der Waals surface area contributed by atoms with Crippen LogP contribution in [0.25, 0.3) is 0 Å². The van der Waals surface area contributed by atoms with E-state index in [9.17, 15) is 4.79 Å². The minimum absolute atomic E-state index is 0.0977. The summed E-state index contributed by atoms with van der Waals surface area (Å²) >= 11 is 0. The minimum Gasteiger partial charge on any atom is -0.493 e. The summed E-state index contributed by atoms with van der Waals surface area (Å²) in [5.41, 5.74) is 1.06. The van der Waals surface area contributed by atoms with Gasteiger partial charge < -0.3 is 14.8 Å². The Morgan fingerprint density at radius 3 is 2.54 bits per heavy atom. The largest absolute Gasteiger partial charge is 0.493 e. The van der Waals surface area contributed by atoms with E-state index in [1.54, 1.807) is 48.5 Å². The number of carbonyl (C=O) groups is 1. The number of hydrogen-bond donors (Lipinski definition) is 1. The quantitative estimate of drug-likeness (QED) is 0.728. The monoisotopic (exact) mass is 352 g/mol. The van der Waals surface area contributed by atoms with E-state index in [4.69, 9.17) is 9.47 Å². The molecule has 0 unspecified atom stereocenters. The normalized spacial score (nSPS) is 10.6. The number of pyridine rings is 1. The van der Waals surface area contributed by atoms with Crippen LogP contribution in [0.2, 0.25) is 0 Å². The third-order valence-corrected chi connectivity index (χ3v) is 3.67. The molecule has 0 aliphatic carbocycles. The Bertz CT molecular complexity index is 888. The van der Waals surface area contributed by atoms with E-state index in [2.05, 4.69) is 15.4 Å². The van der Waals surface area contributed by atoms with Gasteiger partial charge in [-0.05, 0) is 38.1 Å². The van der Waals surface area contributed by atoms with E-state index in [1.165, 1.54) is 0 Å². The molecule has 0 atom stereocenters. The Hall–Kier alpha value is -3.35. The van der Waals surface area contributed by atoms with Gasteiger partial charge >= 0.3 is 0 Å². The van der Waals surface area contributed by atoms with Gasteiger partial charge in [-0.25, -0.2) is 4.98 Å². The van der Waals surface area contributed by atoms with Gasteiger partial charge in [-0.15, -0.1) is 0 Å². The van der Waals surface area contributed by atoms with Crippen molar-refractivity contribution < 1.29 is 14.3 Å². The molecule has 7 nitrogen and oxygen atoms in total. The highest BCUT2D eigenvalue weighted by molar-refractivity contribution is 6.02. The predicted octanol–water partition coefficient (Wildman–Crippen LogP) is 3.91. The van der Waals surface area contributed by atoms with E-state index in [-0.39, 0.29) is 11.9 Å². The third-order valence-electron chi connectivity index (χ3n) is 3.67. The summed E-state index contributed by atoms with van der Waals surface area (Å²) in [5.74, 6) is 1.35. The number of hydrogen-bond acceptors (Lipinski definition) is 5. The van der Waals surface area contributed by atoms with Crippen molar-refractivity contribution in [2.45, 2.75) is 19.9 Å². The molecule has 0 saturated carbocycles. The third kappa shape index (κ3) is 3.83. The molecule has 0 spiro atoms. The Morgan fingerprint density at radius 2 is 1.88 bits per heavy atom. The first kappa shape index (κ1) is 17.5. The first-order valence-electron chi connectivity index (χ1n) is 8.20. The molecule has 0 radical (unpaired) electrons. The van der Waals surface area contributed by atoms with Gasteiger partial charge in [-0.2, -0.15) is 5.10 Å². The number of aromatic nitrogens is 3. The standard InChI is InChI=1S/C19H20N4O3/c1-13(2)23-15(10-11-21-23)19(24)22-14-8-9-18(20-12-14)26-17-7-5-4-6-16(17)25-3/h4-13H,1-3H3,(H,22,24). The lowest BCUT2D eigenvalue weighted by Gasteiger charge is -2.12. The fourth-order valence-electron chi connectivity index (χ4n) is 2.43. The highest BCUT2D eigenvalue weighted by Gasteiger charge is 2.14. The zero-order valence-electron chi connectivity index (χ0n) is 14.8. The van der Waals surface area contributed by atoms with Gasteiger partial charge in [0.2, 0.25) is 5.88 Å². The van der Waals surface area contributed by atoms with E-state index in [1.807, 2.05) is 32.0 Å². The summed E-state index contributed by atoms with van der Waals surface area (Å²) in [4.78, 5) is 16.6. The first-order valence-corrected chi connectivity index (χ1v) is 8.20. The van der Waals surface area contributed by atoms with Gasteiger partial charge in [-0.3, -0.25) is 9.48 Å². The molecule has 0 aliphatic heterocycles. The van der Waals surface area contributed by atoms with Crippen LogP contribution in [0.4, 0.5) is 5.69 Å². The molecule has 2 heterocycles. The Kier molecular flexibility index (Phi) is 5.17.